The van der Waals surface area contributed by atoms with Crippen LogP contribution in [-0.4, -0.2) is 19.9 Å². The fourth-order valence-electron chi connectivity index (χ4n) is 7.21. The van der Waals surface area contributed by atoms with Crippen molar-refractivity contribution in [2.75, 3.05) is 0 Å². The van der Waals surface area contributed by atoms with Crippen LogP contribution in [-0.2, 0) is 0 Å². The summed E-state index contributed by atoms with van der Waals surface area (Å²) < 4.78 is 1.17. The second-order valence-electron chi connectivity index (χ2n) is 12.8. The Balaban J connectivity index is 1.26. The summed E-state index contributed by atoms with van der Waals surface area (Å²) in [5.41, 5.74) is 10.8. The standard InChI is InChI=1S/C46H28N4S/c1-4-12-38-29(9-1)23-47-26-41(38)34-17-32(18-35(21-34)42-27-48-24-30-10-2-5-13-39(30)42)33-19-36(43-28-49-25-31-11-3-6-14-40(31)43)22-37(20-33)46-50-44-15-7-8-16-45(44)51-46/h1-28H. The number of thiazole rings is 1. The molecule has 0 aliphatic carbocycles. The molecule has 10 aromatic rings. The number of pyridine rings is 3. The molecule has 0 saturated carbocycles. The van der Waals surface area contributed by atoms with E-state index in [2.05, 4.69) is 142 Å². The van der Waals surface area contributed by atoms with Crippen LogP contribution in [0.25, 0.3) is 97.6 Å². The average molecular weight is 669 g/mol. The fourth-order valence-corrected chi connectivity index (χ4v) is 8.17. The van der Waals surface area contributed by atoms with Crippen LogP contribution in [0, 0.1) is 0 Å². The van der Waals surface area contributed by atoms with Crippen molar-refractivity contribution in [3.63, 3.8) is 0 Å². The highest BCUT2D eigenvalue weighted by Crippen LogP contribution is 2.41. The van der Waals surface area contributed by atoms with Crippen molar-refractivity contribution >= 4 is 53.9 Å². The molecule has 0 radical (unpaired) electrons. The summed E-state index contributed by atoms with van der Waals surface area (Å²) in [5, 5.41) is 7.81. The number of rotatable bonds is 5. The molecule has 51 heavy (non-hydrogen) atoms. The minimum atomic E-state index is 0.986. The van der Waals surface area contributed by atoms with Crippen LogP contribution >= 0.6 is 11.3 Å². The first-order valence-electron chi connectivity index (χ1n) is 16.9. The van der Waals surface area contributed by atoms with Crippen LogP contribution in [0.1, 0.15) is 0 Å². The van der Waals surface area contributed by atoms with E-state index in [4.69, 9.17) is 4.98 Å². The van der Waals surface area contributed by atoms with E-state index in [1.807, 2.05) is 43.2 Å². The van der Waals surface area contributed by atoms with Crippen molar-refractivity contribution in [1.29, 1.82) is 0 Å². The first-order valence-corrected chi connectivity index (χ1v) is 17.7. The van der Waals surface area contributed by atoms with Gasteiger partial charge in [0.1, 0.15) is 5.01 Å². The minimum absolute atomic E-state index is 0.986. The van der Waals surface area contributed by atoms with Crippen molar-refractivity contribution in [2.45, 2.75) is 0 Å². The fraction of sp³-hybridized carbons (Fsp3) is 0. The lowest BCUT2D eigenvalue weighted by atomic mass is 9.89. The molecule has 4 heterocycles. The van der Waals surface area contributed by atoms with Crippen molar-refractivity contribution < 1.29 is 0 Å². The summed E-state index contributed by atoms with van der Waals surface area (Å²) >= 11 is 1.72. The van der Waals surface area contributed by atoms with Crippen molar-refractivity contribution in [3.05, 3.63) is 171 Å². The minimum Gasteiger partial charge on any atom is -0.263 e. The highest BCUT2D eigenvalue weighted by atomic mass is 32.1. The van der Waals surface area contributed by atoms with Gasteiger partial charge in [-0.05, 0) is 92.5 Å². The van der Waals surface area contributed by atoms with Gasteiger partial charge in [0.05, 0.1) is 10.2 Å². The number of hydrogen-bond acceptors (Lipinski definition) is 5. The highest BCUT2D eigenvalue weighted by molar-refractivity contribution is 7.21. The van der Waals surface area contributed by atoms with Crippen molar-refractivity contribution in [2.24, 2.45) is 0 Å². The normalized spacial score (nSPS) is 11.5. The van der Waals surface area contributed by atoms with Gasteiger partial charge in [0.25, 0.3) is 0 Å². The van der Waals surface area contributed by atoms with Gasteiger partial charge in [-0.2, -0.15) is 0 Å². The predicted molar refractivity (Wildman–Crippen MR) is 213 cm³/mol. The van der Waals surface area contributed by atoms with Crippen molar-refractivity contribution in [1.82, 2.24) is 19.9 Å². The molecule has 0 unspecified atom stereocenters. The Morgan fingerprint density at radius 3 is 1.24 bits per heavy atom. The lowest BCUT2D eigenvalue weighted by Crippen LogP contribution is -1.91. The molecule has 4 nitrogen and oxygen atoms in total. The molecule has 0 spiro atoms. The largest absolute Gasteiger partial charge is 0.263 e. The zero-order valence-corrected chi connectivity index (χ0v) is 28.2. The molecule has 0 saturated heterocycles. The Morgan fingerprint density at radius 1 is 0.353 bits per heavy atom. The van der Waals surface area contributed by atoms with Gasteiger partial charge >= 0.3 is 0 Å². The number of aromatic nitrogens is 4. The molecule has 0 bridgehead atoms. The SMILES string of the molecule is c1ccc2c(-c3cc(-c4cc(-c5cncc6ccccc56)cc(-c5cncc6ccccc56)c4)cc(-c4nc5ccccc5s4)c3)cncc2c1. The van der Waals surface area contributed by atoms with Gasteiger partial charge in [-0.3, -0.25) is 15.0 Å². The Kier molecular flexibility index (Phi) is 6.96. The maximum Gasteiger partial charge on any atom is 0.124 e. The highest BCUT2D eigenvalue weighted by Gasteiger charge is 2.16. The van der Waals surface area contributed by atoms with E-state index in [0.717, 1.165) is 92.9 Å². The third-order valence-electron chi connectivity index (χ3n) is 9.68. The second kappa shape index (κ2) is 12.1. The molecule has 5 heteroatoms. The van der Waals surface area contributed by atoms with E-state index in [1.165, 1.54) is 4.70 Å². The number of nitrogens with zero attached hydrogens (tertiary/aromatic N) is 4. The summed E-state index contributed by atoms with van der Waals surface area (Å²) in [6.45, 7) is 0. The van der Waals surface area contributed by atoms with E-state index in [1.54, 1.807) is 11.3 Å². The van der Waals surface area contributed by atoms with E-state index >= 15 is 0 Å². The van der Waals surface area contributed by atoms with E-state index in [9.17, 15) is 0 Å². The molecule has 0 N–H and O–H groups in total. The molecule has 10 rings (SSSR count). The van der Waals surface area contributed by atoms with Gasteiger partial charge in [0.15, 0.2) is 0 Å². The zero-order valence-electron chi connectivity index (χ0n) is 27.4. The molecule has 0 fully saturated rings. The lowest BCUT2D eigenvalue weighted by molar-refractivity contribution is 1.35. The van der Waals surface area contributed by atoms with E-state index in [-0.39, 0.29) is 0 Å². The smallest absolute Gasteiger partial charge is 0.124 e. The number of hydrogen-bond donors (Lipinski definition) is 0. The lowest BCUT2D eigenvalue weighted by Gasteiger charge is -2.16. The summed E-state index contributed by atoms with van der Waals surface area (Å²) in [6.07, 6.45) is 11.8. The first-order chi connectivity index (χ1) is 25.2. The molecular formula is C46H28N4S. The van der Waals surface area contributed by atoms with Crippen LogP contribution in [0.15, 0.2) is 171 Å². The third-order valence-corrected chi connectivity index (χ3v) is 10.8. The average Bonchev–Trinajstić information content (AvgIpc) is 3.65. The molecule has 0 amide bonds. The molecular weight excluding hydrogens is 641 g/mol. The summed E-state index contributed by atoms with van der Waals surface area (Å²) in [6, 6.07) is 47.4. The van der Waals surface area contributed by atoms with Crippen LogP contribution in [0.3, 0.4) is 0 Å². The summed E-state index contributed by atoms with van der Waals surface area (Å²) in [4.78, 5) is 19.1. The van der Waals surface area contributed by atoms with Gasteiger partial charge < -0.3 is 0 Å². The first kappa shape index (κ1) is 29.4. The number of para-hydroxylation sites is 1. The molecule has 0 atom stereocenters. The molecule has 0 aliphatic rings. The van der Waals surface area contributed by atoms with Crippen LogP contribution in [0.2, 0.25) is 0 Å². The Labute approximate surface area is 298 Å². The van der Waals surface area contributed by atoms with Gasteiger partial charge in [0.2, 0.25) is 0 Å². The summed E-state index contributed by atoms with van der Waals surface area (Å²) in [5.74, 6) is 0. The van der Waals surface area contributed by atoms with E-state index in [0.29, 0.717) is 0 Å². The number of benzene rings is 6. The molecule has 4 aromatic heterocycles. The molecule has 0 aliphatic heterocycles. The quantitative estimate of drug-likeness (QED) is 0.183. The maximum atomic E-state index is 5.10. The molecule has 6 aromatic carbocycles. The van der Waals surface area contributed by atoms with Gasteiger partial charge in [0, 0.05) is 75.6 Å². The number of fused-ring (bicyclic) bond motifs is 4. The van der Waals surface area contributed by atoms with Crippen molar-refractivity contribution in [3.8, 4) is 55.1 Å². The maximum absolute atomic E-state index is 5.10. The predicted octanol–water partition coefficient (Wildman–Crippen LogP) is 12.3. The molecule has 238 valence electrons. The van der Waals surface area contributed by atoms with Gasteiger partial charge in [-0.15, -0.1) is 11.3 Å². The van der Waals surface area contributed by atoms with Gasteiger partial charge in [-0.25, -0.2) is 4.98 Å². The zero-order chi connectivity index (χ0) is 33.7. The van der Waals surface area contributed by atoms with Gasteiger partial charge in [-0.1, -0.05) is 84.9 Å². The Hall–Kier alpha value is -6.56. The topological polar surface area (TPSA) is 51.6 Å². The third kappa shape index (κ3) is 5.23. The van der Waals surface area contributed by atoms with E-state index < -0.39 is 0 Å². The van der Waals surface area contributed by atoms with Crippen LogP contribution < -0.4 is 0 Å². The van der Waals surface area contributed by atoms with Crippen LogP contribution in [0.4, 0.5) is 0 Å². The second-order valence-corrected chi connectivity index (χ2v) is 13.8. The van der Waals surface area contributed by atoms with Crippen LogP contribution in [0.5, 0.6) is 0 Å². The monoisotopic (exact) mass is 668 g/mol. The Bertz CT molecular complexity index is 2800. The summed E-state index contributed by atoms with van der Waals surface area (Å²) in [7, 11) is 0. The Morgan fingerprint density at radius 2 is 0.745 bits per heavy atom.